The number of rotatable bonds is 6. The Hall–Kier alpha value is -3.65. The van der Waals surface area contributed by atoms with Crippen LogP contribution >= 0.6 is 11.6 Å². The minimum absolute atomic E-state index is 0.259. The fourth-order valence-corrected chi connectivity index (χ4v) is 3.05. The van der Waals surface area contributed by atoms with Gasteiger partial charge in [-0.2, -0.15) is 10.2 Å². The van der Waals surface area contributed by atoms with Crippen LogP contribution in [-0.4, -0.2) is 36.2 Å². The number of carbonyl (C=O) groups excluding carboxylic acids is 1. The molecule has 1 N–H and O–H groups in total. The van der Waals surface area contributed by atoms with E-state index in [1.54, 1.807) is 27.7 Å². The molecule has 0 aliphatic carbocycles. The van der Waals surface area contributed by atoms with Gasteiger partial charge in [-0.25, -0.2) is 9.50 Å². The Labute approximate surface area is 177 Å². The number of hydrogen-bond donors (Lipinski definition) is 1. The number of allylic oxidation sites excluding steroid dienone is 1. The summed E-state index contributed by atoms with van der Waals surface area (Å²) in [6.45, 7) is 1.87. The molecule has 0 fully saturated rings. The van der Waals surface area contributed by atoms with E-state index in [9.17, 15) is 4.79 Å². The molecule has 0 aliphatic heterocycles. The normalized spacial score (nSPS) is 11.3. The first-order chi connectivity index (χ1) is 14.5. The molecule has 0 bridgehead atoms. The van der Waals surface area contributed by atoms with Crippen molar-refractivity contribution in [3.8, 4) is 22.9 Å². The van der Waals surface area contributed by atoms with Gasteiger partial charge in [0, 0.05) is 42.0 Å². The Morgan fingerprint density at radius 1 is 1.27 bits per heavy atom. The van der Waals surface area contributed by atoms with Crippen LogP contribution in [0.2, 0.25) is 0 Å². The summed E-state index contributed by atoms with van der Waals surface area (Å²) < 4.78 is 9.58. The molecule has 3 heterocycles. The zero-order valence-corrected chi connectivity index (χ0v) is 17.2. The maximum absolute atomic E-state index is 12.0. The number of carbonyl (C=O) groups is 1. The van der Waals surface area contributed by atoms with Crippen molar-refractivity contribution in [1.82, 2.24) is 24.4 Å². The second kappa shape index (κ2) is 8.38. The van der Waals surface area contributed by atoms with Crippen molar-refractivity contribution >= 4 is 28.7 Å². The lowest BCUT2D eigenvalue weighted by Gasteiger charge is -2.13. The molecule has 152 valence electrons. The smallest absolute Gasteiger partial charge is 0.248 e. The van der Waals surface area contributed by atoms with Gasteiger partial charge in [0.1, 0.15) is 11.3 Å². The highest BCUT2D eigenvalue weighted by Crippen LogP contribution is 2.32. The molecule has 8 nitrogen and oxygen atoms in total. The number of nitrogens with one attached hydrogen (secondary N) is 1. The van der Waals surface area contributed by atoms with Gasteiger partial charge in [0.2, 0.25) is 11.8 Å². The minimum Gasteiger partial charge on any atom is -0.437 e. The maximum Gasteiger partial charge on any atom is 0.248 e. The summed E-state index contributed by atoms with van der Waals surface area (Å²) >= 11 is 5.59. The molecule has 0 aliphatic rings. The minimum atomic E-state index is -0.259. The van der Waals surface area contributed by atoms with Crippen LogP contribution in [0.5, 0.6) is 11.6 Å². The van der Waals surface area contributed by atoms with Crippen molar-refractivity contribution in [3.05, 3.63) is 66.8 Å². The van der Waals surface area contributed by atoms with Gasteiger partial charge in [-0.1, -0.05) is 12.1 Å². The van der Waals surface area contributed by atoms with E-state index in [0.29, 0.717) is 23.0 Å². The van der Waals surface area contributed by atoms with Gasteiger partial charge in [0.25, 0.3) is 0 Å². The molecule has 0 unspecified atom stereocenters. The largest absolute Gasteiger partial charge is 0.437 e. The fraction of sp³-hybridized carbons (Fsp3) is 0.143. The molecule has 0 spiro atoms. The van der Waals surface area contributed by atoms with E-state index in [2.05, 4.69) is 20.5 Å². The number of nitrogens with zero attached hydrogens (tertiary/aromatic N) is 5. The highest BCUT2D eigenvalue weighted by Gasteiger charge is 2.14. The highest BCUT2D eigenvalue weighted by atomic mass is 35.5. The second-order valence-corrected chi connectivity index (χ2v) is 6.88. The van der Waals surface area contributed by atoms with E-state index in [1.165, 1.54) is 6.08 Å². The number of halogens is 1. The number of ether oxygens (including phenoxy) is 1. The van der Waals surface area contributed by atoms with Crippen LogP contribution in [0.15, 0.2) is 61.2 Å². The van der Waals surface area contributed by atoms with Crippen LogP contribution in [0.4, 0.5) is 5.69 Å². The molecule has 4 aromatic rings. The number of aryl methyl sites for hydroxylation is 1. The maximum atomic E-state index is 12.0. The monoisotopic (exact) mass is 422 g/mol. The summed E-state index contributed by atoms with van der Waals surface area (Å²) in [5.74, 6) is 0.997. The predicted molar refractivity (Wildman–Crippen MR) is 115 cm³/mol. The molecular formula is C21H19ClN6O2. The van der Waals surface area contributed by atoms with Crippen molar-refractivity contribution in [2.45, 2.75) is 6.92 Å². The van der Waals surface area contributed by atoms with Gasteiger partial charge >= 0.3 is 0 Å². The molecule has 0 radical (unpaired) electrons. The van der Waals surface area contributed by atoms with Crippen LogP contribution in [0.1, 0.15) is 5.56 Å². The molecule has 0 atom stereocenters. The molecule has 0 saturated heterocycles. The lowest BCUT2D eigenvalue weighted by atomic mass is 10.1. The first-order valence-electron chi connectivity index (χ1n) is 9.19. The van der Waals surface area contributed by atoms with Gasteiger partial charge in [0.05, 0.1) is 24.3 Å². The number of amides is 1. The third-order valence-electron chi connectivity index (χ3n) is 4.46. The number of anilines is 1. The van der Waals surface area contributed by atoms with E-state index in [4.69, 9.17) is 16.3 Å². The third-order valence-corrected chi connectivity index (χ3v) is 4.64. The van der Waals surface area contributed by atoms with Crippen LogP contribution < -0.4 is 10.1 Å². The Kier molecular flexibility index (Phi) is 5.49. The summed E-state index contributed by atoms with van der Waals surface area (Å²) in [4.78, 5) is 16.7. The van der Waals surface area contributed by atoms with Gasteiger partial charge in [-0.3, -0.25) is 9.48 Å². The van der Waals surface area contributed by atoms with Crippen LogP contribution in [-0.2, 0) is 11.8 Å². The zero-order valence-electron chi connectivity index (χ0n) is 16.4. The average molecular weight is 423 g/mol. The van der Waals surface area contributed by atoms with E-state index in [-0.39, 0.29) is 11.8 Å². The summed E-state index contributed by atoms with van der Waals surface area (Å²) in [5, 5.41) is 11.3. The SMILES string of the molecule is Cc1c(NC(=O)C=CCCl)cccc1Oc1nc(-c2cnn(C)c2)cn2nccc12. The molecule has 9 heteroatoms. The van der Waals surface area contributed by atoms with Gasteiger partial charge in [0.15, 0.2) is 0 Å². The summed E-state index contributed by atoms with van der Waals surface area (Å²) in [5.41, 5.74) is 3.67. The Bertz CT molecular complexity index is 1240. The quantitative estimate of drug-likeness (QED) is 0.375. The van der Waals surface area contributed by atoms with Crippen molar-refractivity contribution in [3.63, 3.8) is 0 Å². The average Bonchev–Trinajstić information content (AvgIpc) is 3.38. The fourth-order valence-electron chi connectivity index (χ4n) is 2.96. The standard InChI is InChI=1S/C21H19ClN6O2/c1-14-16(25-20(29)7-4-9-22)5-3-6-19(14)30-21-18-8-10-23-28(18)13-17(26-21)15-11-24-27(2)12-15/h3-8,10-13H,9H2,1-2H3,(H,25,29). The Morgan fingerprint density at radius 2 is 2.13 bits per heavy atom. The first kappa shape index (κ1) is 19.7. The Balaban J connectivity index is 1.69. The van der Waals surface area contributed by atoms with Crippen LogP contribution in [0, 0.1) is 6.92 Å². The molecule has 3 aromatic heterocycles. The summed E-state index contributed by atoms with van der Waals surface area (Å²) in [6.07, 6.45) is 10.1. The van der Waals surface area contributed by atoms with Crippen molar-refractivity contribution < 1.29 is 9.53 Å². The summed E-state index contributed by atoms with van der Waals surface area (Å²) in [7, 11) is 1.85. The van der Waals surface area contributed by atoms with E-state index in [1.807, 2.05) is 50.6 Å². The first-order valence-corrected chi connectivity index (χ1v) is 9.73. The third kappa shape index (κ3) is 4.04. The molecule has 1 aromatic carbocycles. The van der Waals surface area contributed by atoms with Crippen LogP contribution in [0.3, 0.4) is 0 Å². The molecule has 30 heavy (non-hydrogen) atoms. The zero-order chi connectivity index (χ0) is 21.1. The number of fused-ring (bicyclic) bond motifs is 1. The van der Waals surface area contributed by atoms with Crippen molar-refractivity contribution in [1.29, 1.82) is 0 Å². The van der Waals surface area contributed by atoms with Gasteiger partial charge in [-0.05, 0) is 25.1 Å². The van der Waals surface area contributed by atoms with Crippen LogP contribution in [0.25, 0.3) is 16.8 Å². The van der Waals surface area contributed by atoms with E-state index >= 15 is 0 Å². The summed E-state index contributed by atoms with van der Waals surface area (Å²) in [6, 6.07) is 7.27. The topological polar surface area (TPSA) is 86.3 Å². The number of hydrogen-bond acceptors (Lipinski definition) is 5. The predicted octanol–water partition coefficient (Wildman–Crippen LogP) is 3.96. The molecular weight excluding hydrogens is 404 g/mol. The van der Waals surface area contributed by atoms with Crippen molar-refractivity contribution in [2.24, 2.45) is 7.05 Å². The molecule has 0 saturated carbocycles. The lowest BCUT2D eigenvalue weighted by molar-refractivity contribution is -0.111. The van der Waals surface area contributed by atoms with E-state index < -0.39 is 0 Å². The second-order valence-electron chi connectivity index (χ2n) is 6.57. The number of benzene rings is 1. The van der Waals surface area contributed by atoms with Crippen molar-refractivity contribution in [2.75, 3.05) is 11.2 Å². The number of alkyl halides is 1. The lowest BCUT2D eigenvalue weighted by Crippen LogP contribution is -2.09. The highest BCUT2D eigenvalue weighted by molar-refractivity contribution is 6.19. The van der Waals surface area contributed by atoms with Gasteiger partial charge < -0.3 is 10.1 Å². The molecule has 4 rings (SSSR count). The number of aromatic nitrogens is 5. The Morgan fingerprint density at radius 3 is 2.90 bits per heavy atom. The molecule has 1 amide bonds. The van der Waals surface area contributed by atoms with E-state index in [0.717, 1.165) is 16.6 Å². The van der Waals surface area contributed by atoms with Gasteiger partial charge in [-0.15, -0.1) is 11.6 Å².